The van der Waals surface area contributed by atoms with Gasteiger partial charge in [0.15, 0.2) is 5.16 Å². The zero-order valence-corrected chi connectivity index (χ0v) is 15.8. The predicted molar refractivity (Wildman–Crippen MR) is 98.0 cm³/mol. The van der Waals surface area contributed by atoms with Crippen LogP contribution in [0.4, 0.5) is 0 Å². The van der Waals surface area contributed by atoms with Crippen LogP contribution in [0.25, 0.3) is 10.2 Å². The van der Waals surface area contributed by atoms with E-state index in [4.69, 9.17) is 4.74 Å². The molecule has 3 rings (SSSR count). The van der Waals surface area contributed by atoms with Gasteiger partial charge in [0.1, 0.15) is 10.1 Å². The van der Waals surface area contributed by atoms with E-state index < -0.39 is 0 Å². The summed E-state index contributed by atoms with van der Waals surface area (Å²) >= 11 is 2.90. The fraction of sp³-hybridized carbons (Fsp3) is 0.588. The zero-order chi connectivity index (χ0) is 17.3. The van der Waals surface area contributed by atoms with Crippen molar-refractivity contribution in [3.05, 3.63) is 20.8 Å². The molecular formula is C17H22N2O3S2. The average molecular weight is 367 g/mol. The molecule has 0 aromatic carbocycles. The molecule has 0 spiro atoms. The normalized spacial score (nSPS) is 18.4. The zero-order valence-electron chi connectivity index (χ0n) is 14.2. The highest BCUT2D eigenvalue weighted by Gasteiger charge is 2.25. The van der Waals surface area contributed by atoms with Gasteiger partial charge in [-0.1, -0.05) is 25.6 Å². The summed E-state index contributed by atoms with van der Waals surface area (Å²) in [5.41, 5.74) is 1.09. The second-order valence-electron chi connectivity index (χ2n) is 6.17. The summed E-state index contributed by atoms with van der Waals surface area (Å²) in [5, 5.41) is 0.898. The molecule has 0 fully saturated rings. The summed E-state index contributed by atoms with van der Waals surface area (Å²) in [6.45, 7) is 6.32. The molecule has 0 saturated heterocycles. The maximum atomic E-state index is 12.6. The fourth-order valence-electron chi connectivity index (χ4n) is 3.05. The molecule has 0 unspecified atom stereocenters. The predicted octanol–water partition coefficient (Wildman–Crippen LogP) is 3.54. The van der Waals surface area contributed by atoms with Gasteiger partial charge in [-0.2, -0.15) is 0 Å². The number of aromatic amines is 1. The Morgan fingerprint density at radius 3 is 3.00 bits per heavy atom. The van der Waals surface area contributed by atoms with Crippen molar-refractivity contribution in [1.82, 2.24) is 9.97 Å². The summed E-state index contributed by atoms with van der Waals surface area (Å²) < 4.78 is 5.09. The monoisotopic (exact) mass is 366 g/mol. The fourth-order valence-corrected chi connectivity index (χ4v) is 5.39. The lowest BCUT2D eigenvalue weighted by atomic mass is 9.89. The van der Waals surface area contributed by atoms with Gasteiger partial charge in [-0.25, -0.2) is 4.98 Å². The highest BCUT2D eigenvalue weighted by Crippen LogP contribution is 2.36. The molecule has 0 saturated carbocycles. The number of thioether (sulfide) groups is 1. The van der Waals surface area contributed by atoms with Crippen LogP contribution in [0.3, 0.4) is 0 Å². The van der Waals surface area contributed by atoms with Gasteiger partial charge in [0.2, 0.25) is 0 Å². The van der Waals surface area contributed by atoms with Gasteiger partial charge in [0, 0.05) is 4.88 Å². The van der Waals surface area contributed by atoms with E-state index in [1.54, 1.807) is 18.3 Å². The van der Waals surface area contributed by atoms with E-state index in [1.807, 2.05) is 6.92 Å². The number of nitrogens with one attached hydrogen (secondary N) is 1. The minimum atomic E-state index is -0.347. The highest BCUT2D eigenvalue weighted by atomic mass is 32.2. The number of rotatable bonds is 5. The lowest BCUT2D eigenvalue weighted by Crippen LogP contribution is -2.20. The molecule has 0 amide bonds. The summed E-state index contributed by atoms with van der Waals surface area (Å²) in [6, 6.07) is 0. The van der Waals surface area contributed by atoms with E-state index in [2.05, 4.69) is 16.9 Å². The summed E-state index contributed by atoms with van der Waals surface area (Å²) in [4.78, 5) is 34.1. The molecule has 0 bridgehead atoms. The molecule has 0 aliphatic heterocycles. The third kappa shape index (κ3) is 3.37. The van der Waals surface area contributed by atoms with E-state index in [9.17, 15) is 9.59 Å². The Labute approximate surface area is 149 Å². The molecule has 2 atom stereocenters. The number of fused-ring (bicyclic) bond motifs is 3. The van der Waals surface area contributed by atoms with Crippen LogP contribution in [-0.4, -0.2) is 27.8 Å². The number of aryl methyl sites for hydroxylation is 1. The number of carbonyl (C=O) groups excluding carboxylic acids is 1. The Morgan fingerprint density at radius 1 is 1.50 bits per heavy atom. The molecule has 5 nitrogen and oxygen atoms in total. The Hall–Kier alpha value is -1.34. The van der Waals surface area contributed by atoms with Crippen molar-refractivity contribution in [1.29, 1.82) is 0 Å². The molecule has 1 aliphatic rings. The van der Waals surface area contributed by atoms with Crippen molar-refractivity contribution in [2.24, 2.45) is 5.92 Å². The van der Waals surface area contributed by atoms with Crippen LogP contribution < -0.4 is 5.56 Å². The van der Waals surface area contributed by atoms with Crippen LogP contribution in [0.1, 0.15) is 44.1 Å². The number of aromatic nitrogens is 2. The molecule has 7 heteroatoms. The minimum absolute atomic E-state index is 0.0896. The van der Waals surface area contributed by atoms with Gasteiger partial charge >= 0.3 is 5.97 Å². The topological polar surface area (TPSA) is 72.0 Å². The second kappa shape index (κ2) is 7.27. The summed E-state index contributed by atoms with van der Waals surface area (Å²) in [6.07, 6.45) is 3.73. The van der Waals surface area contributed by atoms with Crippen molar-refractivity contribution >= 4 is 39.3 Å². The van der Waals surface area contributed by atoms with Gasteiger partial charge in [-0.05, 0) is 44.1 Å². The molecule has 1 aliphatic carbocycles. The number of carbonyl (C=O) groups is 1. The van der Waals surface area contributed by atoms with Gasteiger partial charge in [-0.3, -0.25) is 9.59 Å². The first-order valence-electron chi connectivity index (χ1n) is 8.41. The molecule has 130 valence electrons. The SMILES string of the molecule is CCOC(=O)[C@@H](CC)Sc1nc2sc3c(c2c(=O)[nH]1)CC[C@@H](C)C3. The molecular weight excluding hydrogens is 344 g/mol. The van der Waals surface area contributed by atoms with Gasteiger partial charge in [0.25, 0.3) is 5.56 Å². The Balaban J connectivity index is 1.93. The lowest BCUT2D eigenvalue weighted by Gasteiger charge is -2.17. The smallest absolute Gasteiger partial charge is 0.319 e. The number of thiophene rings is 1. The summed E-state index contributed by atoms with van der Waals surface area (Å²) in [5.74, 6) is 0.402. The maximum absolute atomic E-state index is 12.6. The average Bonchev–Trinajstić information content (AvgIpc) is 2.90. The third-order valence-electron chi connectivity index (χ3n) is 4.32. The standard InChI is InChI=1S/C17H22N2O3S2/c1-4-11(16(21)22-5-2)24-17-18-14(20)13-10-7-6-9(3)8-12(10)23-15(13)19-17/h9,11H,4-8H2,1-3H3,(H,18,19,20)/t9-,11-/m1/s1. The first kappa shape index (κ1) is 17.5. The van der Waals surface area contributed by atoms with Crippen LogP contribution in [0.2, 0.25) is 0 Å². The quantitative estimate of drug-likeness (QED) is 0.498. The number of hydrogen-bond acceptors (Lipinski definition) is 6. The van der Waals surface area contributed by atoms with E-state index in [1.165, 1.54) is 22.2 Å². The number of H-pyrrole nitrogens is 1. The first-order chi connectivity index (χ1) is 11.5. The second-order valence-corrected chi connectivity index (χ2v) is 8.44. The van der Waals surface area contributed by atoms with Crippen LogP contribution in [0.15, 0.2) is 9.95 Å². The Morgan fingerprint density at radius 2 is 2.29 bits per heavy atom. The molecule has 24 heavy (non-hydrogen) atoms. The molecule has 0 radical (unpaired) electrons. The highest BCUT2D eigenvalue weighted by molar-refractivity contribution is 8.00. The number of ether oxygens (including phenoxy) is 1. The van der Waals surface area contributed by atoms with Crippen LogP contribution >= 0.6 is 23.1 Å². The number of esters is 1. The largest absolute Gasteiger partial charge is 0.465 e. The Kier molecular flexibility index (Phi) is 5.30. The molecule has 2 aromatic rings. The lowest BCUT2D eigenvalue weighted by molar-refractivity contribution is -0.142. The van der Waals surface area contributed by atoms with E-state index in [0.29, 0.717) is 24.1 Å². The van der Waals surface area contributed by atoms with Crippen LogP contribution in [-0.2, 0) is 22.4 Å². The van der Waals surface area contributed by atoms with Crippen LogP contribution in [0, 0.1) is 5.92 Å². The third-order valence-corrected chi connectivity index (χ3v) is 6.69. The van der Waals surface area contributed by atoms with Crippen molar-refractivity contribution in [2.45, 2.75) is 56.9 Å². The number of hydrogen-bond donors (Lipinski definition) is 1. The van der Waals surface area contributed by atoms with Crippen molar-refractivity contribution in [3.8, 4) is 0 Å². The van der Waals surface area contributed by atoms with Crippen LogP contribution in [0.5, 0.6) is 0 Å². The Bertz CT molecular complexity index is 812. The van der Waals surface area contributed by atoms with Crippen molar-refractivity contribution in [2.75, 3.05) is 6.61 Å². The van der Waals surface area contributed by atoms with Gasteiger partial charge in [-0.15, -0.1) is 11.3 Å². The molecule has 2 aromatic heterocycles. The van der Waals surface area contributed by atoms with Gasteiger partial charge < -0.3 is 9.72 Å². The van der Waals surface area contributed by atoms with Crippen molar-refractivity contribution < 1.29 is 9.53 Å². The van der Waals surface area contributed by atoms with E-state index in [-0.39, 0.29) is 16.8 Å². The maximum Gasteiger partial charge on any atom is 0.319 e. The number of nitrogens with zero attached hydrogens (tertiary/aromatic N) is 1. The minimum Gasteiger partial charge on any atom is -0.465 e. The summed E-state index contributed by atoms with van der Waals surface area (Å²) in [7, 11) is 0. The van der Waals surface area contributed by atoms with Gasteiger partial charge in [0.05, 0.1) is 12.0 Å². The molecule has 2 heterocycles. The van der Waals surface area contributed by atoms with E-state index in [0.717, 1.165) is 29.5 Å². The van der Waals surface area contributed by atoms with Crippen molar-refractivity contribution in [3.63, 3.8) is 0 Å². The molecule has 1 N–H and O–H groups in total. The van der Waals surface area contributed by atoms with E-state index >= 15 is 0 Å². The first-order valence-corrected chi connectivity index (χ1v) is 10.1.